The van der Waals surface area contributed by atoms with Crippen LogP contribution in [0.5, 0.6) is 0 Å². The molecule has 6 N–H and O–H groups in total. The van der Waals surface area contributed by atoms with E-state index in [2.05, 4.69) is 0 Å². The van der Waals surface area contributed by atoms with Crippen LogP contribution in [-0.2, 0) is 21.8 Å². The summed E-state index contributed by atoms with van der Waals surface area (Å²) in [4.78, 5) is 0. The van der Waals surface area contributed by atoms with Crippen molar-refractivity contribution in [2.45, 2.75) is 19.6 Å². The summed E-state index contributed by atoms with van der Waals surface area (Å²) in [5.41, 5.74) is 0. The molecule has 0 fully saturated rings. The molecule has 0 radical (unpaired) electrons. The van der Waals surface area contributed by atoms with Gasteiger partial charge >= 0.3 is 21.8 Å². The summed E-state index contributed by atoms with van der Waals surface area (Å²) in [5, 5.41) is 16.2. The Morgan fingerprint density at radius 2 is 1.10 bits per heavy atom. The van der Waals surface area contributed by atoms with Gasteiger partial charge in [-0.2, -0.15) is 0 Å². The Morgan fingerprint density at radius 3 is 1.10 bits per heavy atom. The first-order valence-corrected chi connectivity index (χ1v) is 2.95. The molecule has 0 heterocycles. The number of hydrogen-bond donors (Lipinski definition) is 2. The molecule has 0 aliphatic rings. The van der Waals surface area contributed by atoms with Gasteiger partial charge in [0.05, 0.1) is 0 Å². The molecule has 10 heavy (non-hydrogen) atoms. The fraction of sp³-hybridized carbons (Fsp3) is 0.750. The molecule has 0 spiro atoms. The van der Waals surface area contributed by atoms with E-state index in [1.807, 2.05) is 0 Å². The molecule has 0 saturated carbocycles. The molecule has 0 aromatic rings. The maximum absolute atomic E-state index is 8.38. The van der Waals surface area contributed by atoms with Crippen LogP contribution in [0.3, 0.4) is 0 Å². The molecular formula is C4H15O5Zn-. The van der Waals surface area contributed by atoms with E-state index in [9.17, 15) is 0 Å². The topological polar surface area (TPSA) is 121 Å². The summed E-state index contributed by atoms with van der Waals surface area (Å²) in [6.07, 6.45) is 0. The van der Waals surface area contributed by atoms with Crippen molar-refractivity contribution >= 4 is 0 Å². The Hall–Kier alpha value is 0.263. The van der Waals surface area contributed by atoms with Crippen molar-refractivity contribution in [3.8, 4) is 0 Å². The van der Waals surface area contributed by atoms with Gasteiger partial charge in [-0.15, -0.1) is 0 Å². The molecule has 0 unspecified atom stereocenters. The standard InChI is InChI=1S/C3H8O2.CH3.2H2O.O.Zn/c1-3(2,4)5;;;;;/h4-5H,1-2H3;1H3;2*1H2;;/q;-1;;;;. The normalized spacial score (nSPS) is 6.60. The number of aliphatic hydroxyl groups is 2. The Morgan fingerprint density at radius 1 is 1.10 bits per heavy atom. The quantitative estimate of drug-likeness (QED) is 0.283. The van der Waals surface area contributed by atoms with Crippen molar-refractivity contribution in [1.29, 1.82) is 0 Å². The van der Waals surface area contributed by atoms with Crippen molar-refractivity contribution in [3.05, 3.63) is 7.43 Å². The number of rotatable bonds is 0. The van der Waals surface area contributed by atoms with E-state index in [0.29, 0.717) is 0 Å². The fourth-order valence-electron chi connectivity index (χ4n) is 0. The predicted molar refractivity (Wildman–Crippen MR) is 32.8 cm³/mol. The van der Waals surface area contributed by atoms with Crippen LogP contribution in [0.25, 0.3) is 0 Å². The zero-order valence-corrected chi connectivity index (χ0v) is 9.48. The second kappa shape index (κ2) is 16.1. The maximum atomic E-state index is 8.38. The van der Waals surface area contributed by atoms with Crippen LogP contribution in [0, 0.1) is 7.43 Å². The van der Waals surface area contributed by atoms with E-state index in [-0.39, 0.29) is 36.6 Å². The first-order chi connectivity index (χ1) is 3.00. The van der Waals surface area contributed by atoms with E-state index in [4.69, 9.17) is 13.8 Å². The Labute approximate surface area is 70.6 Å². The summed E-state index contributed by atoms with van der Waals surface area (Å²) >= 11 is 0.125. The molecule has 6 heteroatoms. The third kappa shape index (κ3) is 6280. The predicted octanol–water partition coefficient (Wildman–Crippen LogP) is -1.61. The Bertz CT molecular complexity index is 37.4. The minimum atomic E-state index is -1.50. The van der Waals surface area contributed by atoms with Gasteiger partial charge in [0.15, 0.2) is 5.79 Å². The molecule has 0 rings (SSSR count). The van der Waals surface area contributed by atoms with Gasteiger partial charge in [-0.25, -0.2) is 0 Å². The molecule has 0 aliphatic heterocycles. The molecule has 0 aromatic carbocycles. The first kappa shape index (κ1) is 31.8. The molecule has 0 amide bonds. The van der Waals surface area contributed by atoms with Crippen LogP contribution in [0.4, 0.5) is 0 Å². The average molecular weight is 209 g/mol. The summed E-state index contributed by atoms with van der Waals surface area (Å²) in [7, 11) is 0. The van der Waals surface area contributed by atoms with Gasteiger partial charge in [-0.05, 0) is 13.8 Å². The Kier molecular flexibility index (Phi) is 51.3. The Balaban J connectivity index is -0.0000000154. The first-order valence-electron chi connectivity index (χ1n) is 1.74. The van der Waals surface area contributed by atoms with Gasteiger partial charge in [0.1, 0.15) is 0 Å². The molecule has 0 aliphatic carbocycles. The summed E-state index contributed by atoms with van der Waals surface area (Å²) in [6, 6.07) is 0. The van der Waals surface area contributed by atoms with E-state index >= 15 is 0 Å². The van der Waals surface area contributed by atoms with Crippen LogP contribution in [0.15, 0.2) is 0 Å². The van der Waals surface area contributed by atoms with Gasteiger partial charge < -0.3 is 28.6 Å². The SMILES string of the molecule is CC(C)(O)O.O.O.[CH3-].[O]=[Zn]. The van der Waals surface area contributed by atoms with Gasteiger partial charge in [-0.3, -0.25) is 0 Å². The summed E-state index contributed by atoms with van der Waals surface area (Å²) < 4.78 is 8.38. The van der Waals surface area contributed by atoms with Crippen LogP contribution < -0.4 is 0 Å². The van der Waals surface area contributed by atoms with Gasteiger partial charge in [0.2, 0.25) is 0 Å². The van der Waals surface area contributed by atoms with Crippen molar-refractivity contribution in [2.75, 3.05) is 0 Å². The second-order valence-electron chi connectivity index (χ2n) is 1.49. The van der Waals surface area contributed by atoms with Crippen molar-refractivity contribution in [3.63, 3.8) is 0 Å². The van der Waals surface area contributed by atoms with Gasteiger partial charge in [0, 0.05) is 0 Å². The minimum absolute atomic E-state index is 0. The number of hydrogen-bond acceptors (Lipinski definition) is 3. The molecule has 5 nitrogen and oxygen atoms in total. The van der Waals surface area contributed by atoms with Gasteiger partial charge in [-0.1, -0.05) is 0 Å². The summed E-state index contributed by atoms with van der Waals surface area (Å²) in [5.74, 6) is -1.50. The molecule has 0 aromatic heterocycles. The zero-order valence-electron chi connectivity index (χ0n) is 6.51. The molecular weight excluding hydrogens is 193 g/mol. The zero-order chi connectivity index (χ0) is 6.50. The summed E-state index contributed by atoms with van der Waals surface area (Å²) in [6.45, 7) is 2.60. The van der Waals surface area contributed by atoms with Crippen LogP contribution in [0.2, 0.25) is 0 Å². The third-order valence-electron chi connectivity index (χ3n) is 0. The average Bonchev–Trinajstić information content (AvgIpc) is 1.36. The van der Waals surface area contributed by atoms with Crippen molar-refractivity contribution in [2.24, 2.45) is 0 Å². The van der Waals surface area contributed by atoms with E-state index in [0.717, 1.165) is 0 Å². The molecule has 0 saturated heterocycles. The third-order valence-corrected chi connectivity index (χ3v) is 0. The van der Waals surface area contributed by atoms with E-state index in [1.54, 1.807) is 0 Å². The van der Waals surface area contributed by atoms with E-state index < -0.39 is 5.79 Å². The molecule has 64 valence electrons. The van der Waals surface area contributed by atoms with Crippen LogP contribution in [0.1, 0.15) is 13.8 Å². The van der Waals surface area contributed by atoms with E-state index in [1.165, 1.54) is 13.8 Å². The molecule has 0 atom stereocenters. The van der Waals surface area contributed by atoms with Crippen molar-refractivity contribution < 1.29 is 43.0 Å². The molecule has 0 bridgehead atoms. The fourth-order valence-corrected chi connectivity index (χ4v) is 0. The monoisotopic (exact) mass is 207 g/mol. The van der Waals surface area contributed by atoms with Crippen LogP contribution >= 0.6 is 0 Å². The van der Waals surface area contributed by atoms with Gasteiger partial charge in [0.25, 0.3) is 0 Å². The van der Waals surface area contributed by atoms with Crippen LogP contribution in [-0.4, -0.2) is 27.0 Å². The van der Waals surface area contributed by atoms with Crippen molar-refractivity contribution in [1.82, 2.24) is 0 Å². The second-order valence-corrected chi connectivity index (χ2v) is 1.49.